The Balaban J connectivity index is 2.32. The molecule has 0 amide bonds. The van der Waals surface area contributed by atoms with E-state index in [9.17, 15) is 0 Å². The Hall–Kier alpha value is -1.13. The minimum absolute atomic E-state index is 0.368. The summed E-state index contributed by atoms with van der Waals surface area (Å²) in [6.45, 7) is 1.87. The zero-order valence-electron chi connectivity index (χ0n) is 10.5. The molecule has 5 heteroatoms. The van der Waals surface area contributed by atoms with Crippen LogP contribution in [0.5, 0.6) is 0 Å². The summed E-state index contributed by atoms with van der Waals surface area (Å²) in [5.74, 6) is 0. The van der Waals surface area contributed by atoms with E-state index < -0.39 is 5.54 Å². The number of nitrogens with zero attached hydrogens (tertiary/aromatic N) is 1. The van der Waals surface area contributed by atoms with Crippen molar-refractivity contribution in [2.75, 3.05) is 0 Å². The summed E-state index contributed by atoms with van der Waals surface area (Å²) in [7, 11) is 0. The van der Waals surface area contributed by atoms with Crippen LogP contribution < -0.4 is 11.5 Å². The van der Waals surface area contributed by atoms with E-state index in [1.165, 1.54) is 0 Å². The first-order chi connectivity index (χ1) is 8.91. The Morgan fingerprint density at radius 2 is 1.74 bits per heavy atom. The van der Waals surface area contributed by atoms with Crippen molar-refractivity contribution in [2.24, 2.45) is 11.5 Å². The Bertz CT molecular complexity index is 550. The molecular weight excluding hydrogens is 281 g/mol. The first-order valence-electron chi connectivity index (χ1n) is 5.83. The van der Waals surface area contributed by atoms with Crippen LogP contribution in [0.15, 0.2) is 42.6 Å². The molecule has 0 fully saturated rings. The maximum Gasteiger partial charge on any atom is 0.129 e. The van der Waals surface area contributed by atoms with Crippen LogP contribution in [0.25, 0.3) is 0 Å². The third-order valence-corrected chi connectivity index (χ3v) is 3.70. The van der Waals surface area contributed by atoms with Crippen LogP contribution in [-0.4, -0.2) is 4.98 Å². The summed E-state index contributed by atoms with van der Waals surface area (Å²) < 4.78 is 0. The fourth-order valence-corrected chi connectivity index (χ4v) is 2.13. The summed E-state index contributed by atoms with van der Waals surface area (Å²) in [6, 6.07) is 10.5. The van der Waals surface area contributed by atoms with Gasteiger partial charge in [-0.25, -0.2) is 4.98 Å². The van der Waals surface area contributed by atoms with E-state index in [2.05, 4.69) is 4.98 Å². The molecule has 3 nitrogen and oxygen atoms in total. The van der Waals surface area contributed by atoms with Crippen LogP contribution in [0.3, 0.4) is 0 Å². The van der Waals surface area contributed by atoms with Crippen molar-refractivity contribution in [2.45, 2.75) is 18.5 Å². The van der Waals surface area contributed by atoms with Crippen LogP contribution in [-0.2, 0) is 5.54 Å². The average Bonchev–Trinajstić information content (AvgIpc) is 2.39. The highest BCUT2D eigenvalue weighted by Gasteiger charge is 2.30. The minimum Gasteiger partial charge on any atom is -0.322 e. The number of hydrogen-bond acceptors (Lipinski definition) is 3. The van der Waals surface area contributed by atoms with Gasteiger partial charge in [0.1, 0.15) is 5.15 Å². The molecule has 0 saturated carbocycles. The lowest BCUT2D eigenvalue weighted by Crippen LogP contribution is -2.44. The Kier molecular flexibility index (Phi) is 4.11. The van der Waals surface area contributed by atoms with Gasteiger partial charge in [0.25, 0.3) is 0 Å². The molecule has 4 N–H and O–H groups in total. The maximum atomic E-state index is 6.36. The van der Waals surface area contributed by atoms with E-state index in [1.54, 1.807) is 24.4 Å². The summed E-state index contributed by atoms with van der Waals surface area (Å²) in [5, 5.41) is 1.10. The quantitative estimate of drug-likeness (QED) is 0.854. The molecule has 2 atom stereocenters. The van der Waals surface area contributed by atoms with Gasteiger partial charge in [-0.2, -0.15) is 0 Å². The molecular formula is C14H15Cl2N3. The number of rotatable bonds is 3. The van der Waals surface area contributed by atoms with Crippen molar-refractivity contribution < 1.29 is 0 Å². The van der Waals surface area contributed by atoms with E-state index in [4.69, 9.17) is 34.7 Å². The Labute approximate surface area is 122 Å². The van der Waals surface area contributed by atoms with Gasteiger partial charge in [-0.3, -0.25) is 0 Å². The first-order valence-corrected chi connectivity index (χ1v) is 6.59. The smallest absolute Gasteiger partial charge is 0.129 e. The number of hydrogen-bond donors (Lipinski definition) is 2. The lowest BCUT2D eigenvalue weighted by molar-refractivity contribution is 0.396. The van der Waals surface area contributed by atoms with Crippen molar-refractivity contribution in [3.05, 3.63) is 63.9 Å². The Morgan fingerprint density at radius 3 is 2.26 bits per heavy atom. The highest BCUT2D eigenvalue weighted by Crippen LogP contribution is 2.31. The van der Waals surface area contributed by atoms with Crippen molar-refractivity contribution in [3.63, 3.8) is 0 Å². The standard InChI is InChI=1S/C14H15Cl2N3/c1-14(18,10-4-7-12(16)19-8-10)13(17)9-2-5-11(15)6-3-9/h2-8,13H,17-18H2,1H3/t13-,14+/m1/s1. The summed E-state index contributed by atoms with van der Waals surface area (Å²) in [5.41, 5.74) is 13.6. The fourth-order valence-electron chi connectivity index (χ4n) is 1.89. The lowest BCUT2D eigenvalue weighted by atomic mass is 9.83. The molecule has 1 aromatic heterocycles. The van der Waals surface area contributed by atoms with Crippen molar-refractivity contribution in [3.8, 4) is 0 Å². The van der Waals surface area contributed by atoms with Crippen LogP contribution >= 0.6 is 23.2 Å². The SMILES string of the molecule is C[C@](N)(c1ccc(Cl)nc1)[C@H](N)c1ccc(Cl)cc1. The van der Waals surface area contributed by atoms with Gasteiger partial charge in [-0.1, -0.05) is 41.4 Å². The average molecular weight is 296 g/mol. The summed E-state index contributed by atoms with van der Waals surface area (Å²) >= 11 is 11.6. The normalized spacial score (nSPS) is 15.8. The van der Waals surface area contributed by atoms with Crippen molar-refractivity contribution in [1.82, 2.24) is 4.98 Å². The predicted molar refractivity (Wildman–Crippen MR) is 79.2 cm³/mol. The van der Waals surface area contributed by atoms with Crippen LogP contribution in [0, 0.1) is 0 Å². The van der Waals surface area contributed by atoms with E-state index in [0.717, 1.165) is 11.1 Å². The second-order valence-electron chi connectivity index (χ2n) is 4.68. The highest BCUT2D eigenvalue weighted by molar-refractivity contribution is 6.30. The van der Waals surface area contributed by atoms with Gasteiger partial charge in [0.05, 0.1) is 11.6 Å². The topological polar surface area (TPSA) is 64.9 Å². The molecule has 1 heterocycles. The minimum atomic E-state index is -0.745. The zero-order chi connectivity index (χ0) is 14.0. The van der Waals surface area contributed by atoms with Gasteiger partial charge in [-0.15, -0.1) is 0 Å². The molecule has 100 valence electrons. The largest absolute Gasteiger partial charge is 0.322 e. The summed E-state index contributed by atoms with van der Waals surface area (Å²) in [6.07, 6.45) is 1.65. The molecule has 0 radical (unpaired) electrons. The van der Waals surface area contributed by atoms with Gasteiger partial charge in [-0.05, 0) is 36.2 Å². The van der Waals surface area contributed by atoms with Crippen molar-refractivity contribution in [1.29, 1.82) is 0 Å². The molecule has 1 aromatic carbocycles. The fraction of sp³-hybridized carbons (Fsp3) is 0.214. The number of halogens is 2. The molecule has 0 spiro atoms. The maximum absolute atomic E-state index is 6.36. The molecule has 0 unspecified atom stereocenters. The first kappa shape index (κ1) is 14.3. The van der Waals surface area contributed by atoms with Gasteiger partial charge < -0.3 is 11.5 Å². The van der Waals surface area contributed by atoms with Gasteiger partial charge in [0, 0.05) is 11.2 Å². The number of pyridine rings is 1. The van der Waals surface area contributed by atoms with Gasteiger partial charge in [0.2, 0.25) is 0 Å². The number of benzene rings is 1. The van der Waals surface area contributed by atoms with Crippen LogP contribution in [0.2, 0.25) is 10.2 Å². The third kappa shape index (κ3) is 3.07. The van der Waals surface area contributed by atoms with E-state index in [0.29, 0.717) is 10.2 Å². The Morgan fingerprint density at radius 1 is 1.11 bits per heavy atom. The number of aromatic nitrogens is 1. The van der Waals surface area contributed by atoms with E-state index >= 15 is 0 Å². The molecule has 0 saturated heterocycles. The van der Waals surface area contributed by atoms with Crippen LogP contribution in [0.4, 0.5) is 0 Å². The second kappa shape index (κ2) is 5.47. The molecule has 0 aliphatic heterocycles. The van der Waals surface area contributed by atoms with E-state index in [-0.39, 0.29) is 6.04 Å². The molecule has 0 bridgehead atoms. The third-order valence-electron chi connectivity index (χ3n) is 3.22. The molecule has 0 aliphatic carbocycles. The predicted octanol–water partition coefficient (Wildman–Crippen LogP) is 3.26. The van der Waals surface area contributed by atoms with Gasteiger partial charge in [0.15, 0.2) is 0 Å². The molecule has 2 rings (SSSR count). The summed E-state index contributed by atoms with van der Waals surface area (Å²) in [4.78, 5) is 4.04. The second-order valence-corrected chi connectivity index (χ2v) is 5.51. The zero-order valence-corrected chi connectivity index (χ0v) is 12.0. The van der Waals surface area contributed by atoms with E-state index in [1.807, 2.05) is 25.1 Å². The molecule has 2 aromatic rings. The molecule has 19 heavy (non-hydrogen) atoms. The highest BCUT2D eigenvalue weighted by atomic mass is 35.5. The van der Waals surface area contributed by atoms with Crippen molar-refractivity contribution >= 4 is 23.2 Å². The lowest BCUT2D eigenvalue weighted by Gasteiger charge is -2.32. The molecule has 0 aliphatic rings. The monoisotopic (exact) mass is 295 g/mol. The van der Waals surface area contributed by atoms with Gasteiger partial charge >= 0.3 is 0 Å². The van der Waals surface area contributed by atoms with Crippen LogP contribution in [0.1, 0.15) is 24.1 Å². The number of nitrogens with two attached hydrogens (primary N) is 2.